The number of allylic oxidation sites excluding steroid dienone is 1. The summed E-state index contributed by atoms with van der Waals surface area (Å²) < 4.78 is 4.86. The van der Waals surface area contributed by atoms with Crippen LogP contribution in [0.15, 0.2) is 12.7 Å². The SMILES string of the molecule is C=CCCCC(CCCCCCC)C(=O)OC. The van der Waals surface area contributed by atoms with Gasteiger partial charge in [-0.15, -0.1) is 6.58 Å². The first-order valence-corrected chi connectivity index (χ1v) is 6.95. The van der Waals surface area contributed by atoms with Crippen molar-refractivity contribution < 1.29 is 9.53 Å². The van der Waals surface area contributed by atoms with E-state index in [-0.39, 0.29) is 11.9 Å². The zero-order valence-electron chi connectivity index (χ0n) is 11.5. The molecule has 0 aromatic rings. The van der Waals surface area contributed by atoms with E-state index in [1.165, 1.54) is 32.8 Å². The lowest BCUT2D eigenvalue weighted by molar-refractivity contribution is -0.146. The molecule has 17 heavy (non-hydrogen) atoms. The first-order valence-electron chi connectivity index (χ1n) is 6.95. The Morgan fingerprint density at radius 3 is 2.41 bits per heavy atom. The maximum Gasteiger partial charge on any atom is 0.308 e. The van der Waals surface area contributed by atoms with Crippen LogP contribution in [0, 0.1) is 5.92 Å². The maximum absolute atomic E-state index is 11.6. The van der Waals surface area contributed by atoms with Gasteiger partial charge in [0.15, 0.2) is 0 Å². The molecule has 0 aromatic carbocycles. The van der Waals surface area contributed by atoms with Crippen LogP contribution in [0.5, 0.6) is 0 Å². The van der Waals surface area contributed by atoms with Gasteiger partial charge in [0.05, 0.1) is 13.0 Å². The summed E-state index contributed by atoms with van der Waals surface area (Å²) in [4.78, 5) is 11.6. The Balaban J connectivity index is 3.77. The normalized spacial score (nSPS) is 12.1. The highest BCUT2D eigenvalue weighted by atomic mass is 16.5. The third-order valence-corrected chi connectivity index (χ3v) is 3.15. The molecule has 0 aliphatic heterocycles. The molecule has 2 heteroatoms. The molecule has 0 fully saturated rings. The molecule has 0 heterocycles. The predicted octanol–water partition coefficient (Wildman–Crippen LogP) is 4.49. The number of carbonyl (C=O) groups excluding carboxylic acids is 1. The largest absolute Gasteiger partial charge is 0.469 e. The predicted molar refractivity (Wildman–Crippen MR) is 72.9 cm³/mol. The number of unbranched alkanes of at least 4 members (excludes halogenated alkanes) is 5. The molecule has 0 spiro atoms. The van der Waals surface area contributed by atoms with Gasteiger partial charge in [-0.05, 0) is 25.7 Å². The molecule has 100 valence electrons. The molecule has 0 aliphatic carbocycles. The van der Waals surface area contributed by atoms with Crippen LogP contribution in [0.1, 0.15) is 64.7 Å². The molecule has 0 saturated heterocycles. The Kier molecular flexibility index (Phi) is 11.1. The Hall–Kier alpha value is -0.790. The number of hydrogen-bond donors (Lipinski definition) is 0. The third-order valence-electron chi connectivity index (χ3n) is 3.15. The van der Waals surface area contributed by atoms with E-state index in [4.69, 9.17) is 4.74 Å². The van der Waals surface area contributed by atoms with Crippen LogP contribution in [-0.2, 0) is 9.53 Å². The van der Waals surface area contributed by atoms with Gasteiger partial charge in [-0.1, -0.05) is 45.1 Å². The van der Waals surface area contributed by atoms with Crippen LogP contribution >= 0.6 is 0 Å². The minimum atomic E-state index is -0.0375. The van der Waals surface area contributed by atoms with Crippen LogP contribution in [0.2, 0.25) is 0 Å². The molecule has 1 unspecified atom stereocenters. The van der Waals surface area contributed by atoms with E-state index in [1.54, 1.807) is 0 Å². The summed E-state index contributed by atoms with van der Waals surface area (Å²) >= 11 is 0. The lowest BCUT2D eigenvalue weighted by atomic mass is 9.95. The molecule has 0 aromatic heterocycles. The average molecular weight is 240 g/mol. The number of methoxy groups -OCH3 is 1. The van der Waals surface area contributed by atoms with Crippen LogP contribution in [0.25, 0.3) is 0 Å². The van der Waals surface area contributed by atoms with Gasteiger partial charge in [0, 0.05) is 0 Å². The summed E-state index contributed by atoms with van der Waals surface area (Å²) in [7, 11) is 1.49. The summed E-state index contributed by atoms with van der Waals surface area (Å²) in [5.41, 5.74) is 0. The van der Waals surface area contributed by atoms with E-state index >= 15 is 0 Å². The fourth-order valence-electron chi connectivity index (χ4n) is 2.05. The molecule has 0 N–H and O–H groups in total. The summed E-state index contributed by atoms with van der Waals surface area (Å²) in [6, 6.07) is 0. The monoisotopic (exact) mass is 240 g/mol. The van der Waals surface area contributed by atoms with Gasteiger partial charge in [0.2, 0.25) is 0 Å². The zero-order valence-corrected chi connectivity index (χ0v) is 11.5. The van der Waals surface area contributed by atoms with Crippen molar-refractivity contribution in [1.29, 1.82) is 0 Å². The van der Waals surface area contributed by atoms with Gasteiger partial charge in [0.25, 0.3) is 0 Å². The second-order valence-electron chi connectivity index (χ2n) is 4.64. The lowest BCUT2D eigenvalue weighted by Gasteiger charge is -2.13. The molecule has 0 rings (SSSR count). The smallest absolute Gasteiger partial charge is 0.308 e. The topological polar surface area (TPSA) is 26.3 Å². The van der Waals surface area contributed by atoms with E-state index in [0.29, 0.717) is 0 Å². The Bertz CT molecular complexity index is 199. The second-order valence-corrected chi connectivity index (χ2v) is 4.64. The van der Waals surface area contributed by atoms with Crippen LogP contribution in [-0.4, -0.2) is 13.1 Å². The van der Waals surface area contributed by atoms with Crippen molar-refractivity contribution in [3.8, 4) is 0 Å². The quantitative estimate of drug-likeness (QED) is 0.302. The number of ether oxygens (including phenoxy) is 1. The summed E-state index contributed by atoms with van der Waals surface area (Å²) in [6.45, 7) is 5.92. The van der Waals surface area contributed by atoms with E-state index < -0.39 is 0 Å². The van der Waals surface area contributed by atoms with Gasteiger partial charge in [0.1, 0.15) is 0 Å². The number of carbonyl (C=O) groups is 1. The third kappa shape index (κ3) is 8.96. The van der Waals surface area contributed by atoms with E-state index in [0.717, 1.165) is 32.1 Å². The maximum atomic E-state index is 11.6. The highest BCUT2D eigenvalue weighted by Gasteiger charge is 2.17. The van der Waals surface area contributed by atoms with Gasteiger partial charge in [-0.2, -0.15) is 0 Å². The Morgan fingerprint density at radius 2 is 1.82 bits per heavy atom. The average Bonchev–Trinajstić information content (AvgIpc) is 2.35. The standard InChI is InChI=1S/C15H28O2/c1-4-6-8-9-11-13-14(15(16)17-3)12-10-7-5-2/h5,14H,2,4,6-13H2,1,3H3. The fourth-order valence-corrected chi connectivity index (χ4v) is 2.05. The van der Waals surface area contributed by atoms with E-state index in [2.05, 4.69) is 13.5 Å². The molecular weight excluding hydrogens is 212 g/mol. The number of rotatable bonds is 11. The van der Waals surface area contributed by atoms with Crippen LogP contribution in [0.4, 0.5) is 0 Å². The van der Waals surface area contributed by atoms with Crippen LogP contribution < -0.4 is 0 Å². The minimum absolute atomic E-state index is 0.0375. The summed E-state index contributed by atoms with van der Waals surface area (Å²) in [5, 5.41) is 0. The fraction of sp³-hybridized carbons (Fsp3) is 0.800. The second kappa shape index (κ2) is 11.7. The van der Waals surface area contributed by atoms with Crippen LogP contribution in [0.3, 0.4) is 0 Å². The number of hydrogen-bond acceptors (Lipinski definition) is 2. The zero-order chi connectivity index (χ0) is 12.9. The molecule has 0 amide bonds. The molecule has 2 nitrogen and oxygen atoms in total. The molecule has 0 radical (unpaired) electrons. The summed E-state index contributed by atoms with van der Waals surface area (Å²) in [6.07, 6.45) is 12.1. The van der Waals surface area contributed by atoms with Gasteiger partial charge in [-0.25, -0.2) is 0 Å². The van der Waals surface area contributed by atoms with Crippen molar-refractivity contribution in [2.45, 2.75) is 64.7 Å². The molecule has 0 bridgehead atoms. The Morgan fingerprint density at radius 1 is 1.18 bits per heavy atom. The van der Waals surface area contributed by atoms with Gasteiger partial charge >= 0.3 is 5.97 Å². The van der Waals surface area contributed by atoms with E-state index in [1.807, 2.05) is 6.08 Å². The summed E-state index contributed by atoms with van der Waals surface area (Å²) in [5.74, 6) is 0.0612. The van der Waals surface area contributed by atoms with Gasteiger partial charge in [-0.3, -0.25) is 4.79 Å². The van der Waals surface area contributed by atoms with E-state index in [9.17, 15) is 4.79 Å². The molecular formula is C15H28O2. The highest BCUT2D eigenvalue weighted by molar-refractivity contribution is 5.72. The lowest BCUT2D eigenvalue weighted by Crippen LogP contribution is -2.16. The van der Waals surface area contributed by atoms with Crippen molar-refractivity contribution in [2.75, 3.05) is 7.11 Å². The Labute approximate surface area is 106 Å². The minimum Gasteiger partial charge on any atom is -0.469 e. The molecule has 0 aliphatic rings. The first-order chi connectivity index (χ1) is 8.26. The van der Waals surface area contributed by atoms with Crippen molar-refractivity contribution >= 4 is 5.97 Å². The first kappa shape index (κ1) is 16.2. The van der Waals surface area contributed by atoms with Crippen molar-refractivity contribution in [3.63, 3.8) is 0 Å². The highest BCUT2D eigenvalue weighted by Crippen LogP contribution is 2.19. The molecule has 1 atom stereocenters. The molecule has 0 saturated carbocycles. The van der Waals surface area contributed by atoms with Crippen molar-refractivity contribution in [3.05, 3.63) is 12.7 Å². The number of esters is 1. The van der Waals surface area contributed by atoms with Crippen molar-refractivity contribution in [2.24, 2.45) is 5.92 Å². The van der Waals surface area contributed by atoms with Crippen molar-refractivity contribution in [1.82, 2.24) is 0 Å². The van der Waals surface area contributed by atoms with Gasteiger partial charge < -0.3 is 4.74 Å².